The molecular weight excluding hydrogens is 333 g/mol. The highest BCUT2D eigenvalue weighted by Crippen LogP contribution is 2.15. The molecule has 1 N–H and O–H groups in total. The molecule has 1 fully saturated rings. The van der Waals surface area contributed by atoms with Gasteiger partial charge >= 0.3 is 0 Å². The molecule has 0 aliphatic carbocycles. The van der Waals surface area contributed by atoms with Crippen LogP contribution in [0.25, 0.3) is 0 Å². The highest BCUT2D eigenvalue weighted by atomic mass is 32.2. The Labute approximate surface area is 142 Å². The fraction of sp³-hybridized carbons (Fsp3) is 0.562. The lowest BCUT2D eigenvalue weighted by atomic mass is 10.2. The monoisotopic (exact) mass is 357 g/mol. The molecular formula is C16H24FN3O3S. The van der Waals surface area contributed by atoms with E-state index in [0.717, 1.165) is 38.2 Å². The van der Waals surface area contributed by atoms with Crippen molar-refractivity contribution in [3.05, 3.63) is 30.1 Å². The molecule has 1 saturated heterocycles. The Kier molecular flexibility index (Phi) is 6.70. The minimum absolute atomic E-state index is 0.0521. The van der Waals surface area contributed by atoms with Crippen molar-refractivity contribution in [3.63, 3.8) is 0 Å². The van der Waals surface area contributed by atoms with Crippen molar-refractivity contribution in [1.82, 2.24) is 14.5 Å². The third-order valence-corrected chi connectivity index (χ3v) is 5.95. The zero-order chi connectivity index (χ0) is 17.6. The maximum atomic E-state index is 12.9. The summed E-state index contributed by atoms with van der Waals surface area (Å²) in [6, 6.07) is 4.74. The van der Waals surface area contributed by atoms with E-state index in [1.165, 1.54) is 23.5 Å². The summed E-state index contributed by atoms with van der Waals surface area (Å²) in [4.78, 5) is 14.1. The van der Waals surface area contributed by atoms with Crippen LogP contribution in [-0.2, 0) is 14.8 Å². The van der Waals surface area contributed by atoms with Crippen LogP contribution in [0.4, 0.5) is 4.39 Å². The van der Waals surface area contributed by atoms with E-state index in [-0.39, 0.29) is 17.3 Å². The quantitative estimate of drug-likeness (QED) is 0.826. The molecule has 0 aromatic heterocycles. The number of rotatable bonds is 6. The van der Waals surface area contributed by atoms with Gasteiger partial charge in [0.1, 0.15) is 5.82 Å². The molecule has 8 heteroatoms. The molecule has 0 radical (unpaired) electrons. The van der Waals surface area contributed by atoms with Crippen LogP contribution in [0, 0.1) is 5.82 Å². The number of carbonyl (C=O) groups excluding carboxylic acids is 1. The van der Waals surface area contributed by atoms with Crippen LogP contribution in [0.5, 0.6) is 0 Å². The molecule has 1 aromatic carbocycles. The van der Waals surface area contributed by atoms with Crippen molar-refractivity contribution in [1.29, 1.82) is 0 Å². The van der Waals surface area contributed by atoms with E-state index in [4.69, 9.17) is 0 Å². The van der Waals surface area contributed by atoms with Crippen LogP contribution >= 0.6 is 0 Å². The van der Waals surface area contributed by atoms with Gasteiger partial charge in [-0.3, -0.25) is 4.79 Å². The van der Waals surface area contributed by atoms with Crippen molar-refractivity contribution in [2.45, 2.75) is 24.2 Å². The van der Waals surface area contributed by atoms with Crippen LogP contribution in [0.15, 0.2) is 29.2 Å². The Balaban J connectivity index is 1.84. The summed E-state index contributed by atoms with van der Waals surface area (Å²) in [5.41, 5.74) is 0. The lowest BCUT2D eigenvalue weighted by molar-refractivity contribution is -0.131. The average molecular weight is 357 g/mol. The van der Waals surface area contributed by atoms with Crippen LogP contribution in [0.2, 0.25) is 0 Å². The number of hydrogen-bond acceptors (Lipinski definition) is 4. The number of halogens is 1. The minimum atomic E-state index is -3.65. The van der Waals surface area contributed by atoms with E-state index >= 15 is 0 Å². The van der Waals surface area contributed by atoms with Crippen molar-refractivity contribution in [2.24, 2.45) is 0 Å². The van der Waals surface area contributed by atoms with Gasteiger partial charge in [0, 0.05) is 39.6 Å². The summed E-state index contributed by atoms with van der Waals surface area (Å²) in [6.45, 7) is 3.41. The predicted octanol–water partition coefficient (Wildman–Crippen LogP) is 1.05. The minimum Gasteiger partial charge on any atom is -0.341 e. The normalized spacial score (nSPS) is 16.2. The second-order valence-electron chi connectivity index (χ2n) is 5.87. The van der Waals surface area contributed by atoms with Gasteiger partial charge in [0.05, 0.1) is 4.90 Å². The fourth-order valence-corrected chi connectivity index (χ4v) is 3.82. The molecule has 1 aliphatic heterocycles. The maximum Gasteiger partial charge on any atom is 0.242 e. The Bertz CT molecular complexity index is 641. The summed E-state index contributed by atoms with van der Waals surface area (Å²) in [6.07, 6.45) is 1.72. The number of sulfonamides is 1. The molecule has 0 unspecified atom stereocenters. The topological polar surface area (TPSA) is 69.7 Å². The first-order chi connectivity index (χ1) is 11.4. The van der Waals surface area contributed by atoms with Gasteiger partial charge in [-0.15, -0.1) is 0 Å². The zero-order valence-electron chi connectivity index (χ0n) is 13.9. The smallest absolute Gasteiger partial charge is 0.242 e. The molecule has 0 saturated carbocycles. The van der Waals surface area contributed by atoms with Gasteiger partial charge in [0.15, 0.2) is 0 Å². The van der Waals surface area contributed by atoms with Crippen LogP contribution < -0.4 is 5.32 Å². The largest absolute Gasteiger partial charge is 0.341 e. The first-order valence-electron chi connectivity index (χ1n) is 8.11. The van der Waals surface area contributed by atoms with E-state index in [1.807, 2.05) is 4.90 Å². The second kappa shape index (κ2) is 8.55. The Hall–Kier alpha value is -1.51. The van der Waals surface area contributed by atoms with Crippen molar-refractivity contribution >= 4 is 15.9 Å². The summed E-state index contributed by atoms with van der Waals surface area (Å²) in [5, 5.41) is 3.24. The molecule has 0 atom stereocenters. The van der Waals surface area contributed by atoms with Crippen molar-refractivity contribution in [2.75, 3.05) is 39.8 Å². The van der Waals surface area contributed by atoms with Gasteiger partial charge in [-0.25, -0.2) is 17.1 Å². The Morgan fingerprint density at radius 2 is 1.96 bits per heavy atom. The third-order valence-electron chi connectivity index (χ3n) is 4.08. The Morgan fingerprint density at radius 1 is 1.25 bits per heavy atom. The summed E-state index contributed by atoms with van der Waals surface area (Å²) < 4.78 is 38.9. The second-order valence-corrected chi connectivity index (χ2v) is 7.91. The van der Waals surface area contributed by atoms with E-state index < -0.39 is 15.8 Å². The lowest BCUT2D eigenvalue weighted by Gasteiger charge is -2.21. The fourth-order valence-electron chi connectivity index (χ4n) is 2.61. The molecule has 6 nitrogen and oxygen atoms in total. The highest BCUT2D eigenvalue weighted by molar-refractivity contribution is 7.89. The van der Waals surface area contributed by atoms with Crippen LogP contribution in [0.3, 0.4) is 0 Å². The molecule has 0 bridgehead atoms. The number of amides is 1. The van der Waals surface area contributed by atoms with Gasteiger partial charge in [0.25, 0.3) is 0 Å². The molecule has 134 valence electrons. The molecule has 1 aliphatic rings. The van der Waals surface area contributed by atoms with E-state index in [0.29, 0.717) is 19.4 Å². The zero-order valence-corrected chi connectivity index (χ0v) is 14.7. The summed E-state index contributed by atoms with van der Waals surface area (Å²) in [5.74, 6) is -0.416. The van der Waals surface area contributed by atoms with Gasteiger partial charge in [-0.2, -0.15) is 0 Å². The van der Waals surface area contributed by atoms with Crippen molar-refractivity contribution in [3.8, 4) is 0 Å². The number of benzene rings is 1. The van der Waals surface area contributed by atoms with Crippen LogP contribution in [-0.4, -0.2) is 63.3 Å². The average Bonchev–Trinajstić information content (AvgIpc) is 2.84. The lowest BCUT2D eigenvalue weighted by Crippen LogP contribution is -2.35. The Morgan fingerprint density at radius 3 is 2.67 bits per heavy atom. The maximum absolute atomic E-state index is 12.9. The molecule has 1 heterocycles. The molecule has 24 heavy (non-hydrogen) atoms. The predicted molar refractivity (Wildman–Crippen MR) is 89.5 cm³/mol. The molecule has 2 rings (SSSR count). The molecule has 1 aromatic rings. The van der Waals surface area contributed by atoms with Gasteiger partial charge < -0.3 is 10.2 Å². The van der Waals surface area contributed by atoms with Crippen molar-refractivity contribution < 1.29 is 17.6 Å². The third kappa shape index (κ3) is 4.99. The van der Waals surface area contributed by atoms with Gasteiger partial charge in [0.2, 0.25) is 15.9 Å². The van der Waals surface area contributed by atoms with E-state index in [9.17, 15) is 17.6 Å². The number of hydrogen-bond donors (Lipinski definition) is 1. The first kappa shape index (κ1) is 18.8. The summed E-state index contributed by atoms with van der Waals surface area (Å²) >= 11 is 0. The number of nitrogens with zero attached hydrogens (tertiary/aromatic N) is 2. The number of nitrogens with one attached hydrogen (secondary N) is 1. The standard InChI is InChI=1S/C16H24FN3O3S/c1-19(24(22,23)15-7-5-14(17)6-8-15)11-2-4-16(21)20-12-3-9-18-10-13-20/h5-8,18H,2-4,9-13H2,1H3. The van der Waals surface area contributed by atoms with E-state index in [2.05, 4.69) is 5.32 Å². The summed E-state index contributed by atoms with van der Waals surface area (Å²) in [7, 11) is -2.18. The molecule has 0 spiro atoms. The number of carbonyl (C=O) groups is 1. The highest BCUT2D eigenvalue weighted by Gasteiger charge is 2.21. The SMILES string of the molecule is CN(CCCC(=O)N1CCCNCC1)S(=O)(=O)c1ccc(F)cc1. The van der Waals surface area contributed by atoms with E-state index in [1.54, 1.807) is 0 Å². The first-order valence-corrected chi connectivity index (χ1v) is 9.55. The van der Waals surface area contributed by atoms with Crippen LogP contribution in [0.1, 0.15) is 19.3 Å². The van der Waals surface area contributed by atoms with Gasteiger partial charge in [-0.1, -0.05) is 0 Å². The molecule has 1 amide bonds. The van der Waals surface area contributed by atoms with Gasteiger partial charge in [-0.05, 0) is 43.7 Å².